The minimum absolute atomic E-state index is 0.0450. The van der Waals surface area contributed by atoms with Crippen LogP contribution in [0.3, 0.4) is 0 Å². The molecular formula is C24H28N2O4. The summed E-state index contributed by atoms with van der Waals surface area (Å²) in [4.78, 5) is 15.2. The standard InChI is InChI=1S/C24H28N2O4/c27-24-21-7-1-2-8-22(21)25-23(26(24)15-19-5-3-13-28-19)17-9-11-18(12-10-17)30-16-20-6-4-14-29-20/h1-2,7-12,19-20,23,25H,3-6,13-16H2. The number of para-hydroxylation sites is 1. The molecule has 3 aliphatic heterocycles. The van der Waals surface area contributed by atoms with Gasteiger partial charge in [-0.25, -0.2) is 0 Å². The molecule has 3 aliphatic rings. The average Bonchev–Trinajstić information content (AvgIpc) is 3.49. The van der Waals surface area contributed by atoms with Crippen molar-refractivity contribution >= 4 is 11.6 Å². The van der Waals surface area contributed by atoms with Gasteiger partial charge in [0.25, 0.3) is 5.91 Å². The maximum atomic E-state index is 13.3. The van der Waals surface area contributed by atoms with E-state index in [1.165, 1.54) is 0 Å². The fraction of sp³-hybridized carbons (Fsp3) is 0.458. The Morgan fingerprint density at radius 1 is 0.967 bits per heavy atom. The number of hydrogen-bond donors (Lipinski definition) is 1. The molecule has 158 valence electrons. The van der Waals surface area contributed by atoms with Crippen LogP contribution >= 0.6 is 0 Å². The van der Waals surface area contributed by atoms with E-state index in [1.807, 2.05) is 53.4 Å². The predicted octanol–water partition coefficient (Wildman–Crippen LogP) is 3.99. The molecule has 2 aromatic rings. The number of benzene rings is 2. The Kier molecular flexibility index (Phi) is 5.60. The third-order valence-electron chi connectivity index (χ3n) is 6.10. The first-order valence-corrected chi connectivity index (χ1v) is 10.9. The number of ether oxygens (including phenoxy) is 3. The van der Waals surface area contributed by atoms with Crippen LogP contribution in [0.25, 0.3) is 0 Å². The monoisotopic (exact) mass is 408 g/mol. The summed E-state index contributed by atoms with van der Waals surface area (Å²) < 4.78 is 17.3. The maximum Gasteiger partial charge on any atom is 0.257 e. The number of nitrogens with zero attached hydrogens (tertiary/aromatic N) is 1. The summed E-state index contributed by atoms with van der Waals surface area (Å²) in [6.07, 6.45) is 4.27. The Morgan fingerprint density at radius 3 is 2.43 bits per heavy atom. The van der Waals surface area contributed by atoms with Crippen molar-refractivity contribution in [1.29, 1.82) is 0 Å². The molecule has 30 heavy (non-hydrogen) atoms. The molecule has 0 aliphatic carbocycles. The van der Waals surface area contributed by atoms with Crippen molar-refractivity contribution in [3.05, 3.63) is 59.7 Å². The Bertz CT molecular complexity index is 873. The Morgan fingerprint density at radius 2 is 1.70 bits per heavy atom. The lowest BCUT2D eigenvalue weighted by molar-refractivity contribution is 0.0427. The number of carbonyl (C=O) groups is 1. The molecule has 6 heteroatoms. The minimum Gasteiger partial charge on any atom is -0.491 e. The van der Waals surface area contributed by atoms with E-state index in [-0.39, 0.29) is 24.3 Å². The molecule has 1 N–H and O–H groups in total. The first-order chi connectivity index (χ1) is 14.8. The lowest BCUT2D eigenvalue weighted by Crippen LogP contribution is -2.46. The van der Waals surface area contributed by atoms with Crippen LogP contribution in [0.1, 0.15) is 47.8 Å². The van der Waals surface area contributed by atoms with Crippen LogP contribution < -0.4 is 10.1 Å². The number of amides is 1. The van der Waals surface area contributed by atoms with Gasteiger partial charge >= 0.3 is 0 Å². The molecule has 2 fully saturated rings. The fourth-order valence-corrected chi connectivity index (χ4v) is 4.46. The molecule has 0 aromatic heterocycles. The normalized spacial score (nSPS) is 25.8. The molecule has 0 radical (unpaired) electrons. The van der Waals surface area contributed by atoms with Crippen molar-refractivity contribution in [1.82, 2.24) is 4.90 Å². The van der Waals surface area contributed by atoms with E-state index in [9.17, 15) is 4.79 Å². The minimum atomic E-state index is -0.233. The highest BCUT2D eigenvalue weighted by atomic mass is 16.5. The van der Waals surface area contributed by atoms with Crippen LogP contribution in [0.2, 0.25) is 0 Å². The Labute approximate surface area is 177 Å². The second kappa shape index (κ2) is 8.66. The number of fused-ring (bicyclic) bond motifs is 1. The molecule has 0 bridgehead atoms. The van der Waals surface area contributed by atoms with Gasteiger partial charge in [-0.15, -0.1) is 0 Å². The number of rotatable bonds is 6. The van der Waals surface area contributed by atoms with Gasteiger partial charge in [0, 0.05) is 25.4 Å². The van der Waals surface area contributed by atoms with Crippen molar-refractivity contribution in [2.24, 2.45) is 0 Å². The molecule has 2 aromatic carbocycles. The summed E-state index contributed by atoms with van der Waals surface area (Å²) in [7, 11) is 0. The molecule has 0 saturated carbocycles. The molecule has 3 heterocycles. The second-order valence-corrected chi connectivity index (χ2v) is 8.20. The van der Waals surface area contributed by atoms with Gasteiger partial charge in [-0.1, -0.05) is 24.3 Å². The largest absolute Gasteiger partial charge is 0.491 e. The van der Waals surface area contributed by atoms with Crippen LogP contribution in [0.5, 0.6) is 5.75 Å². The summed E-state index contributed by atoms with van der Waals surface area (Å²) in [6.45, 7) is 2.77. The maximum absolute atomic E-state index is 13.3. The van der Waals surface area contributed by atoms with E-state index in [4.69, 9.17) is 14.2 Å². The van der Waals surface area contributed by atoms with Gasteiger partial charge in [-0.05, 0) is 55.5 Å². The fourth-order valence-electron chi connectivity index (χ4n) is 4.46. The molecule has 1 amide bonds. The number of carbonyl (C=O) groups excluding carboxylic acids is 1. The summed E-state index contributed by atoms with van der Waals surface area (Å²) in [5.74, 6) is 0.867. The quantitative estimate of drug-likeness (QED) is 0.783. The second-order valence-electron chi connectivity index (χ2n) is 8.20. The van der Waals surface area contributed by atoms with Crippen molar-refractivity contribution in [3.63, 3.8) is 0 Å². The van der Waals surface area contributed by atoms with E-state index >= 15 is 0 Å². The number of hydrogen-bond acceptors (Lipinski definition) is 5. The highest BCUT2D eigenvalue weighted by Crippen LogP contribution is 2.34. The number of nitrogens with one attached hydrogen (secondary N) is 1. The van der Waals surface area contributed by atoms with Crippen LogP contribution in [0.15, 0.2) is 48.5 Å². The van der Waals surface area contributed by atoms with E-state index in [0.29, 0.717) is 18.7 Å². The van der Waals surface area contributed by atoms with Gasteiger partial charge in [0.15, 0.2) is 0 Å². The van der Waals surface area contributed by atoms with Crippen molar-refractivity contribution in [2.75, 3.05) is 31.7 Å². The highest BCUT2D eigenvalue weighted by molar-refractivity contribution is 6.01. The average molecular weight is 408 g/mol. The van der Waals surface area contributed by atoms with E-state index in [2.05, 4.69) is 5.32 Å². The third kappa shape index (κ3) is 4.02. The Hall–Kier alpha value is -2.57. The summed E-state index contributed by atoms with van der Waals surface area (Å²) in [5.41, 5.74) is 2.61. The van der Waals surface area contributed by atoms with Gasteiger partial charge in [0.2, 0.25) is 0 Å². The van der Waals surface area contributed by atoms with Gasteiger partial charge < -0.3 is 24.4 Å². The first kappa shape index (κ1) is 19.4. The van der Waals surface area contributed by atoms with Crippen molar-refractivity contribution in [2.45, 2.75) is 44.1 Å². The van der Waals surface area contributed by atoms with Crippen LogP contribution in [-0.4, -0.2) is 49.4 Å². The molecule has 0 spiro atoms. The van der Waals surface area contributed by atoms with Crippen LogP contribution in [-0.2, 0) is 9.47 Å². The van der Waals surface area contributed by atoms with E-state index in [0.717, 1.165) is 55.9 Å². The van der Waals surface area contributed by atoms with Crippen molar-refractivity contribution in [3.8, 4) is 5.75 Å². The molecule has 6 nitrogen and oxygen atoms in total. The van der Waals surface area contributed by atoms with Crippen LogP contribution in [0.4, 0.5) is 5.69 Å². The zero-order chi connectivity index (χ0) is 20.3. The van der Waals surface area contributed by atoms with Gasteiger partial charge in [-0.3, -0.25) is 4.79 Å². The predicted molar refractivity (Wildman–Crippen MR) is 114 cm³/mol. The molecule has 5 rings (SSSR count). The molecule has 3 unspecified atom stereocenters. The lowest BCUT2D eigenvalue weighted by atomic mass is 10.0. The topological polar surface area (TPSA) is 60.0 Å². The summed E-state index contributed by atoms with van der Waals surface area (Å²) in [6, 6.07) is 15.7. The van der Waals surface area contributed by atoms with Gasteiger partial charge in [0.1, 0.15) is 18.5 Å². The van der Waals surface area contributed by atoms with Crippen LogP contribution in [0, 0.1) is 0 Å². The zero-order valence-electron chi connectivity index (χ0n) is 17.1. The Balaban J connectivity index is 1.35. The first-order valence-electron chi connectivity index (χ1n) is 10.9. The zero-order valence-corrected chi connectivity index (χ0v) is 17.1. The van der Waals surface area contributed by atoms with Gasteiger partial charge in [-0.2, -0.15) is 0 Å². The highest BCUT2D eigenvalue weighted by Gasteiger charge is 2.35. The SMILES string of the molecule is O=C1c2ccccc2NC(c2ccc(OCC3CCCO3)cc2)N1CC1CCCO1. The van der Waals surface area contributed by atoms with Gasteiger partial charge in [0.05, 0.1) is 17.8 Å². The van der Waals surface area contributed by atoms with E-state index in [1.54, 1.807) is 0 Å². The number of anilines is 1. The van der Waals surface area contributed by atoms with Crippen molar-refractivity contribution < 1.29 is 19.0 Å². The molecule has 3 atom stereocenters. The van der Waals surface area contributed by atoms with E-state index < -0.39 is 0 Å². The smallest absolute Gasteiger partial charge is 0.257 e. The third-order valence-corrected chi connectivity index (χ3v) is 6.10. The summed E-state index contributed by atoms with van der Waals surface area (Å²) >= 11 is 0. The summed E-state index contributed by atoms with van der Waals surface area (Å²) in [5, 5.41) is 3.55. The molecular weight excluding hydrogens is 380 g/mol. The molecule has 2 saturated heterocycles. The lowest BCUT2D eigenvalue weighted by Gasteiger charge is -2.39.